The highest BCUT2D eigenvalue weighted by Gasteiger charge is 2.08. The Bertz CT molecular complexity index is 964. The van der Waals surface area contributed by atoms with Crippen molar-refractivity contribution < 1.29 is 18.3 Å². The van der Waals surface area contributed by atoms with Gasteiger partial charge in [-0.05, 0) is 42.3 Å². The van der Waals surface area contributed by atoms with Gasteiger partial charge in [0, 0.05) is 17.3 Å². The maximum Gasteiger partial charge on any atom is 0.290 e. The first-order chi connectivity index (χ1) is 11.4. The summed E-state index contributed by atoms with van der Waals surface area (Å²) in [6.45, 7) is 1.72. The van der Waals surface area contributed by atoms with Crippen molar-refractivity contribution in [3.63, 3.8) is 0 Å². The number of hydrogen-bond donors (Lipinski definition) is 1. The van der Waals surface area contributed by atoms with Crippen LogP contribution in [0.3, 0.4) is 0 Å². The minimum absolute atomic E-state index is 0.250. The molecule has 124 valence electrons. The molecule has 0 saturated carbocycles. The van der Waals surface area contributed by atoms with Gasteiger partial charge in [-0.3, -0.25) is 9.78 Å². The summed E-state index contributed by atoms with van der Waals surface area (Å²) in [5, 5.41) is 7.95. The molecule has 0 aliphatic rings. The lowest BCUT2D eigenvalue weighted by Crippen LogP contribution is -1.96. The third-order valence-electron chi connectivity index (χ3n) is 3.46. The number of aromatic nitrogens is 1. The van der Waals surface area contributed by atoms with Crippen LogP contribution in [0.4, 0.5) is 0 Å². The number of benzene rings is 2. The standard InChI is InChI=1S/C17H15NO2S.CH2O2/c1-12-6-11-16-15(4-3-5-17(16)18-12)13-7-9-14(10-8-13)21(2,19)20;2-1-3/h3-11H,1-2H3;1H,(H,2,3). The molecule has 0 aliphatic heterocycles. The minimum Gasteiger partial charge on any atom is -0.483 e. The summed E-state index contributed by atoms with van der Waals surface area (Å²) < 4.78 is 23.0. The lowest BCUT2D eigenvalue weighted by atomic mass is 10.0. The summed E-state index contributed by atoms with van der Waals surface area (Å²) in [5.41, 5.74) is 3.96. The lowest BCUT2D eigenvalue weighted by Gasteiger charge is -2.08. The number of rotatable bonds is 2. The number of sulfone groups is 1. The van der Waals surface area contributed by atoms with Crippen LogP contribution in [0.25, 0.3) is 22.0 Å². The van der Waals surface area contributed by atoms with E-state index in [-0.39, 0.29) is 6.47 Å². The average Bonchev–Trinajstić information content (AvgIpc) is 2.54. The number of carboxylic acid groups (broad SMARTS) is 1. The van der Waals surface area contributed by atoms with E-state index in [4.69, 9.17) is 9.90 Å². The zero-order valence-electron chi connectivity index (χ0n) is 13.3. The molecule has 3 aromatic rings. The molecule has 3 rings (SSSR count). The highest BCUT2D eigenvalue weighted by atomic mass is 32.2. The molecule has 0 bridgehead atoms. The van der Waals surface area contributed by atoms with E-state index in [9.17, 15) is 8.42 Å². The fourth-order valence-electron chi connectivity index (χ4n) is 2.39. The first kappa shape index (κ1) is 17.6. The van der Waals surface area contributed by atoms with Crippen molar-refractivity contribution >= 4 is 27.2 Å². The topological polar surface area (TPSA) is 84.3 Å². The highest BCUT2D eigenvalue weighted by molar-refractivity contribution is 7.90. The van der Waals surface area contributed by atoms with E-state index in [0.29, 0.717) is 4.90 Å². The van der Waals surface area contributed by atoms with Gasteiger partial charge in [0.15, 0.2) is 9.84 Å². The number of pyridine rings is 1. The molecule has 0 spiro atoms. The molecular weight excluding hydrogens is 326 g/mol. The fraction of sp³-hybridized carbons (Fsp3) is 0.111. The second-order valence-electron chi connectivity index (χ2n) is 5.23. The molecule has 0 amide bonds. The molecule has 0 aliphatic carbocycles. The van der Waals surface area contributed by atoms with Gasteiger partial charge in [-0.15, -0.1) is 0 Å². The third kappa shape index (κ3) is 3.97. The van der Waals surface area contributed by atoms with Crippen molar-refractivity contribution in [2.24, 2.45) is 0 Å². The number of fused-ring (bicyclic) bond motifs is 1. The largest absolute Gasteiger partial charge is 0.483 e. The molecule has 24 heavy (non-hydrogen) atoms. The molecule has 2 aromatic carbocycles. The van der Waals surface area contributed by atoms with Crippen LogP contribution in [-0.2, 0) is 14.6 Å². The Balaban J connectivity index is 0.000000647. The Kier molecular flexibility index (Phi) is 5.31. The van der Waals surface area contributed by atoms with Crippen LogP contribution in [0.2, 0.25) is 0 Å². The van der Waals surface area contributed by atoms with Crippen LogP contribution < -0.4 is 0 Å². The summed E-state index contributed by atoms with van der Waals surface area (Å²) in [6.07, 6.45) is 1.21. The van der Waals surface area contributed by atoms with Crippen molar-refractivity contribution in [1.29, 1.82) is 0 Å². The van der Waals surface area contributed by atoms with Crippen LogP contribution in [-0.4, -0.2) is 31.2 Å². The Labute approximate surface area is 140 Å². The van der Waals surface area contributed by atoms with Gasteiger partial charge in [0.1, 0.15) is 0 Å². The van der Waals surface area contributed by atoms with Gasteiger partial charge in [-0.1, -0.05) is 30.3 Å². The first-order valence-corrected chi connectivity index (χ1v) is 9.00. The molecule has 0 unspecified atom stereocenters. The maximum absolute atomic E-state index is 11.5. The number of carbonyl (C=O) groups is 1. The van der Waals surface area contributed by atoms with Crippen molar-refractivity contribution in [3.05, 3.63) is 60.3 Å². The van der Waals surface area contributed by atoms with Crippen LogP contribution in [0.1, 0.15) is 5.69 Å². The number of nitrogens with zero attached hydrogens (tertiary/aromatic N) is 1. The van der Waals surface area contributed by atoms with Gasteiger partial charge >= 0.3 is 0 Å². The fourth-order valence-corrected chi connectivity index (χ4v) is 3.02. The predicted molar refractivity (Wildman–Crippen MR) is 93.7 cm³/mol. The quantitative estimate of drug-likeness (QED) is 0.722. The number of aryl methyl sites for hydroxylation is 1. The lowest BCUT2D eigenvalue weighted by molar-refractivity contribution is -0.122. The molecule has 0 radical (unpaired) electrons. The summed E-state index contributed by atoms with van der Waals surface area (Å²) in [5.74, 6) is 0. The molecule has 1 N–H and O–H groups in total. The molecule has 6 heteroatoms. The molecule has 1 aromatic heterocycles. The van der Waals surface area contributed by atoms with E-state index in [1.807, 2.05) is 43.3 Å². The zero-order chi connectivity index (χ0) is 17.7. The van der Waals surface area contributed by atoms with E-state index in [1.54, 1.807) is 12.1 Å². The van der Waals surface area contributed by atoms with Gasteiger partial charge in [0.25, 0.3) is 6.47 Å². The molecule has 0 saturated heterocycles. The van der Waals surface area contributed by atoms with Crippen molar-refractivity contribution in [1.82, 2.24) is 4.98 Å². The Morgan fingerprint density at radius 3 is 2.21 bits per heavy atom. The van der Waals surface area contributed by atoms with Crippen molar-refractivity contribution in [2.45, 2.75) is 11.8 Å². The molecule has 5 nitrogen and oxygen atoms in total. The maximum atomic E-state index is 11.5. The minimum atomic E-state index is -3.16. The first-order valence-electron chi connectivity index (χ1n) is 7.11. The monoisotopic (exact) mass is 343 g/mol. The SMILES string of the molecule is Cc1ccc2c(-c3ccc(S(C)(=O)=O)cc3)cccc2n1.O=CO. The van der Waals surface area contributed by atoms with E-state index in [0.717, 1.165) is 27.7 Å². The number of hydrogen-bond acceptors (Lipinski definition) is 4. The van der Waals surface area contributed by atoms with Crippen molar-refractivity contribution in [3.8, 4) is 11.1 Å². The van der Waals surface area contributed by atoms with Crippen LogP contribution >= 0.6 is 0 Å². The van der Waals surface area contributed by atoms with Crippen LogP contribution in [0.5, 0.6) is 0 Å². The second-order valence-corrected chi connectivity index (χ2v) is 7.24. The van der Waals surface area contributed by atoms with Crippen LogP contribution in [0, 0.1) is 6.92 Å². The van der Waals surface area contributed by atoms with E-state index < -0.39 is 9.84 Å². The Morgan fingerprint density at radius 1 is 1.00 bits per heavy atom. The van der Waals surface area contributed by atoms with E-state index >= 15 is 0 Å². The average molecular weight is 343 g/mol. The molecular formula is C18H17NO4S. The molecule has 0 atom stereocenters. The van der Waals surface area contributed by atoms with Crippen molar-refractivity contribution in [2.75, 3.05) is 6.26 Å². The van der Waals surface area contributed by atoms with Gasteiger partial charge in [0.2, 0.25) is 0 Å². The highest BCUT2D eigenvalue weighted by Crippen LogP contribution is 2.28. The van der Waals surface area contributed by atoms with Gasteiger partial charge in [-0.2, -0.15) is 0 Å². The van der Waals surface area contributed by atoms with Crippen LogP contribution in [0.15, 0.2) is 59.5 Å². The van der Waals surface area contributed by atoms with Gasteiger partial charge in [-0.25, -0.2) is 8.42 Å². The van der Waals surface area contributed by atoms with Gasteiger partial charge < -0.3 is 5.11 Å². The Morgan fingerprint density at radius 2 is 1.62 bits per heavy atom. The summed E-state index contributed by atoms with van der Waals surface area (Å²) in [7, 11) is -3.16. The summed E-state index contributed by atoms with van der Waals surface area (Å²) >= 11 is 0. The smallest absolute Gasteiger partial charge is 0.290 e. The summed E-state index contributed by atoms with van der Waals surface area (Å²) in [4.78, 5) is 13.2. The molecule has 0 fully saturated rings. The van der Waals surface area contributed by atoms with E-state index in [1.165, 1.54) is 6.26 Å². The van der Waals surface area contributed by atoms with Gasteiger partial charge in [0.05, 0.1) is 10.4 Å². The molecule has 1 heterocycles. The normalized spacial score (nSPS) is 10.8. The Hall–Kier alpha value is -2.73. The second kappa shape index (κ2) is 7.23. The zero-order valence-corrected chi connectivity index (χ0v) is 14.1. The predicted octanol–water partition coefficient (Wildman–Crippen LogP) is 3.31. The third-order valence-corrected chi connectivity index (χ3v) is 4.59. The van der Waals surface area contributed by atoms with E-state index in [2.05, 4.69) is 11.1 Å². The summed E-state index contributed by atoms with van der Waals surface area (Å²) in [6, 6.07) is 17.0.